The third kappa shape index (κ3) is 11.2. The minimum absolute atomic E-state index is 0.0250. The van der Waals surface area contributed by atoms with Crippen LogP contribution in [0.1, 0.15) is 99.0 Å². The fraction of sp³-hybridized carbons (Fsp3) is 0.682. The van der Waals surface area contributed by atoms with Crippen LogP contribution in [0.5, 0.6) is 0 Å². The van der Waals surface area contributed by atoms with Crippen molar-refractivity contribution < 1.29 is 29.0 Å². The first-order valence-electron chi connectivity index (χ1n) is 20.1. The van der Waals surface area contributed by atoms with E-state index in [1.807, 2.05) is 51.7 Å². The van der Waals surface area contributed by atoms with Gasteiger partial charge >= 0.3 is 0 Å². The van der Waals surface area contributed by atoms with Crippen LogP contribution < -0.4 is 5.32 Å². The number of aliphatic hydroxyl groups is 1. The highest BCUT2D eigenvalue weighted by molar-refractivity contribution is 5.90. The molecular weight excluding hydrogens is 666 g/mol. The maximum atomic E-state index is 14.2. The van der Waals surface area contributed by atoms with E-state index in [-0.39, 0.29) is 84.6 Å². The van der Waals surface area contributed by atoms with Gasteiger partial charge in [-0.15, -0.1) is 0 Å². The predicted molar refractivity (Wildman–Crippen MR) is 213 cm³/mol. The maximum Gasteiger partial charge on any atom is 0.226 e. The van der Waals surface area contributed by atoms with Gasteiger partial charge in [0.15, 0.2) is 5.78 Å². The summed E-state index contributed by atoms with van der Waals surface area (Å²) in [5.41, 5.74) is 1.23. The number of nitrogens with zero attached hydrogens (tertiary/aromatic N) is 2. The fourth-order valence-corrected chi connectivity index (χ4v) is 8.69. The van der Waals surface area contributed by atoms with Crippen LogP contribution >= 0.6 is 0 Å². The van der Waals surface area contributed by atoms with Crippen molar-refractivity contribution in [2.45, 2.75) is 124 Å². The Morgan fingerprint density at radius 2 is 1.64 bits per heavy atom. The van der Waals surface area contributed by atoms with Gasteiger partial charge in [-0.2, -0.15) is 0 Å². The van der Waals surface area contributed by atoms with Crippen molar-refractivity contribution in [3.8, 4) is 0 Å². The van der Waals surface area contributed by atoms with E-state index < -0.39 is 17.9 Å². The molecule has 1 saturated heterocycles. The van der Waals surface area contributed by atoms with Gasteiger partial charge in [-0.25, -0.2) is 0 Å². The number of hydrogen-bond donors (Lipinski definition) is 2. The zero-order valence-corrected chi connectivity index (χ0v) is 34.3. The average Bonchev–Trinajstić information content (AvgIpc) is 3.63. The van der Waals surface area contributed by atoms with E-state index in [1.165, 1.54) is 16.3 Å². The normalized spacial score (nSPS) is 18.8. The van der Waals surface area contributed by atoms with E-state index in [9.17, 15) is 24.3 Å². The number of likely N-dealkylation sites (N-methyl/N-ethyl adjacent to an activating group) is 2. The number of ether oxygens (including phenoxy) is 1. The highest BCUT2D eigenvalue weighted by Gasteiger charge is 2.42. The molecule has 2 aromatic rings. The molecule has 2 aromatic carbocycles. The summed E-state index contributed by atoms with van der Waals surface area (Å²) < 4.78 is 6.04. The molecule has 0 spiro atoms. The summed E-state index contributed by atoms with van der Waals surface area (Å²) in [4.78, 5) is 58.8. The molecule has 0 aromatic heterocycles. The van der Waals surface area contributed by atoms with Gasteiger partial charge in [-0.3, -0.25) is 19.2 Å². The minimum Gasteiger partial charge on any atom is -0.396 e. The monoisotopic (exact) mass is 736 g/mol. The largest absolute Gasteiger partial charge is 0.396 e. The van der Waals surface area contributed by atoms with E-state index in [4.69, 9.17) is 4.74 Å². The summed E-state index contributed by atoms with van der Waals surface area (Å²) in [6.07, 6.45) is 3.89. The average molecular weight is 736 g/mol. The Labute approximate surface area is 319 Å². The zero-order chi connectivity index (χ0) is 39.4. The number of methoxy groups -OCH3 is 1. The zero-order valence-electron chi connectivity index (χ0n) is 34.3. The van der Waals surface area contributed by atoms with Crippen LogP contribution in [-0.4, -0.2) is 96.9 Å². The van der Waals surface area contributed by atoms with Gasteiger partial charge in [-0.05, 0) is 66.8 Å². The molecule has 1 fully saturated rings. The Hall–Kier alpha value is -3.14. The van der Waals surface area contributed by atoms with Crippen LogP contribution in [0.4, 0.5) is 0 Å². The first-order valence-corrected chi connectivity index (χ1v) is 20.1. The molecule has 296 valence electrons. The fourth-order valence-electron chi connectivity index (χ4n) is 8.69. The lowest BCUT2D eigenvalue weighted by atomic mass is 9.82. The highest BCUT2D eigenvalue weighted by Crippen LogP contribution is 2.33. The van der Waals surface area contributed by atoms with Gasteiger partial charge in [0.05, 0.1) is 24.6 Å². The quantitative estimate of drug-likeness (QED) is 0.138. The summed E-state index contributed by atoms with van der Waals surface area (Å²) >= 11 is 0. The first kappa shape index (κ1) is 44.3. The SMILES string of the molecule is CC[C@H](C)C([C@@H](CC(=O)N1CCC[C@H]1[C@H](CO)[C@@H](C)C(=O)CCCc1cccc2ccccc12)OC)N(C)C(=O)[C@@H](CC(=O)[C@@H](NC)C(C)C)C(C)C. The van der Waals surface area contributed by atoms with Crippen molar-refractivity contribution in [2.75, 3.05) is 34.4 Å². The second-order valence-corrected chi connectivity index (χ2v) is 16.2. The molecule has 2 N–H and O–H groups in total. The van der Waals surface area contributed by atoms with Crippen molar-refractivity contribution >= 4 is 34.2 Å². The molecule has 9 nitrogen and oxygen atoms in total. The van der Waals surface area contributed by atoms with Gasteiger partial charge in [-0.1, -0.05) is 97.4 Å². The van der Waals surface area contributed by atoms with Crippen LogP contribution in [-0.2, 0) is 30.3 Å². The Bertz CT molecular complexity index is 1490. The molecule has 53 heavy (non-hydrogen) atoms. The van der Waals surface area contributed by atoms with E-state index in [1.54, 1.807) is 26.1 Å². The molecule has 0 radical (unpaired) electrons. The number of benzene rings is 2. The van der Waals surface area contributed by atoms with Crippen molar-refractivity contribution in [3.63, 3.8) is 0 Å². The van der Waals surface area contributed by atoms with Crippen molar-refractivity contribution in [1.29, 1.82) is 0 Å². The Kier molecular flexibility index (Phi) is 17.6. The molecule has 8 atom stereocenters. The molecular formula is C44H69N3O6. The Morgan fingerprint density at radius 3 is 2.25 bits per heavy atom. The Balaban J connectivity index is 1.72. The van der Waals surface area contributed by atoms with E-state index in [0.29, 0.717) is 13.0 Å². The molecule has 1 aliphatic rings. The number of carbonyl (C=O) groups excluding carboxylic acids is 4. The molecule has 1 unspecified atom stereocenters. The van der Waals surface area contributed by atoms with Crippen LogP contribution in [0.3, 0.4) is 0 Å². The third-order valence-corrected chi connectivity index (χ3v) is 12.2. The topological polar surface area (TPSA) is 116 Å². The summed E-state index contributed by atoms with van der Waals surface area (Å²) in [6, 6.07) is 13.6. The Morgan fingerprint density at radius 1 is 0.962 bits per heavy atom. The van der Waals surface area contributed by atoms with Crippen LogP contribution in [0.2, 0.25) is 0 Å². The molecule has 9 heteroatoms. The lowest BCUT2D eigenvalue weighted by Gasteiger charge is -2.41. The second kappa shape index (κ2) is 21.1. The number of hydrogen-bond acceptors (Lipinski definition) is 7. The minimum atomic E-state index is -0.572. The van der Waals surface area contributed by atoms with E-state index >= 15 is 0 Å². The molecule has 2 amide bonds. The number of amides is 2. The smallest absolute Gasteiger partial charge is 0.226 e. The summed E-state index contributed by atoms with van der Waals surface area (Å²) in [5.74, 6) is -1.24. The van der Waals surface area contributed by atoms with Gasteiger partial charge in [0.1, 0.15) is 5.78 Å². The lowest BCUT2D eigenvalue weighted by molar-refractivity contribution is -0.148. The van der Waals surface area contributed by atoms with Crippen LogP contribution in [0, 0.1) is 35.5 Å². The summed E-state index contributed by atoms with van der Waals surface area (Å²) in [7, 11) is 5.15. The van der Waals surface area contributed by atoms with Gasteiger partial charge in [0, 0.05) is 63.9 Å². The third-order valence-electron chi connectivity index (χ3n) is 12.2. The molecule has 1 heterocycles. The number of ketones is 2. The summed E-state index contributed by atoms with van der Waals surface area (Å²) in [6.45, 7) is 14.4. The van der Waals surface area contributed by atoms with Gasteiger partial charge in [0.2, 0.25) is 11.8 Å². The first-order chi connectivity index (χ1) is 25.2. The number of fused-ring (bicyclic) bond motifs is 1. The van der Waals surface area contributed by atoms with E-state index in [0.717, 1.165) is 32.1 Å². The number of rotatable bonds is 22. The van der Waals surface area contributed by atoms with E-state index in [2.05, 4.69) is 49.5 Å². The molecule has 1 aliphatic heterocycles. The molecule has 0 saturated carbocycles. The molecule has 0 aliphatic carbocycles. The summed E-state index contributed by atoms with van der Waals surface area (Å²) in [5, 5.41) is 16.2. The maximum absolute atomic E-state index is 14.2. The number of likely N-dealkylation sites (tertiary alicyclic amines) is 1. The van der Waals surface area contributed by atoms with Gasteiger partial charge in [0.25, 0.3) is 0 Å². The van der Waals surface area contributed by atoms with Crippen LogP contribution in [0.15, 0.2) is 42.5 Å². The number of nitrogens with one attached hydrogen (secondary N) is 1. The van der Waals surface area contributed by atoms with Crippen molar-refractivity contribution in [3.05, 3.63) is 48.0 Å². The predicted octanol–water partition coefficient (Wildman–Crippen LogP) is 6.72. The van der Waals surface area contributed by atoms with Crippen LogP contribution in [0.25, 0.3) is 10.8 Å². The lowest BCUT2D eigenvalue weighted by Crippen LogP contribution is -2.54. The standard InChI is InChI=1S/C44H69N3O6/c1-11-30(6)43(46(9)44(52)35(28(2)3)25-39(50)42(45-8)29(4)5)40(53-10)26-41(51)47-24-16-22-37(47)36(27-48)31(7)38(49)23-15-20-33-19-14-18-32-17-12-13-21-34(32)33/h12-14,17-19,21,28-31,35-37,40,42-43,45,48H,11,15-16,20,22-27H2,1-10H3/t30-,31+,35-,36+,37-,40+,42-,43?/m0/s1. The number of carbonyl (C=O) groups is 4. The second-order valence-electron chi connectivity index (χ2n) is 16.2. The van der Waals surface area contributed by atoms with Crippen molar-refractivity contribution in [1.82, 2.24) is 15.1 Å². The van der Waals surface area contributed by atoms with Gasteiger partial charge < -0.3 is 25.0 Å². The molecule has 3 rings (SSSR count). The number of aliphatic hydroxyl groups excluding tert-OH is 1. The molecule has 0 bridgehead atoms. The van der Waals surface area contributed by atoms with Crippen molar-refractivity contribution in [2.24, 2.45) is 35.5 Å². The number of aryl methyl sites for hydroxylation is 1. The number of Topliss-reactive ketones (excluding diaryl/α,β-unsaturated/α-hetero) is 2. The highest BCUT2D eigenvalue weighted by atomic mass is 16.5.